The third-order valence-electron chi connectivity index (χ3n) is 6.10. The molecule has 8 heteroatoms. The number of aliphatic hydroxyl groups excluding tert-OH is 1. The van der Waals surface area contributed by atoms with E-state index in [9.17, 15) is 18.3 Å². The maximum atomic E-state index is 12.9. The summed E-state index contributed by atoms with van der Waals surface area (Å²) in [5, 5.41) is 11.2. The van der Waals surface area contributed by atoms with Crippen molar-refractivity contribution in [3.05, 3.63) is 59.7 Å². The fourth-order valence-corrected chi connectivity index (χ4v) is 5.48. The van der Waals surface area contributed by atoms with E-state index in [1.807, 2.05) is 18.2 Å². The van der Waals surface area contributed by atoms with Crippen molar-refractivity contribution in [2.75, 3.05) is 61.9 Å². The third-order valence-corrected chi connectivity index (χ3v) is 7.36. The van der Waals surface area contributed by atoms with Crippen molar-refractivity contribution in [1.29, 1.82) is 0 Å². The predicted molar refractivity (Wildman–Crippen MR) is 121 cm³/mol. The molecule has 2 aromatic rings. The van der Waals surface area contributed by atoms with Gasteiger partial charge in [-0.15, -0.1) is 0 Å². The van der Waals surface area contributed by atoms with E-state index in [2.05, 4.69) is 27.8 Å². The average Bonchev–Trinajstić information content (AvgIpc) is 2.79. The van der Waals surface area contributed by atoms with Gasteiger partial charge in [-0.3, -0.25) is 0 Å². The first-order valence-corrected chi connectivity index (χ1v) is 11.6. The Kier molecular flexibility index (Phi) is 6.69. The van der Waals surface area contributed by atoms with Crippen LogP contribution in [0.1, 0.15) is 17.2 Å². The summed E-state index contributed by atoms with van der Waals surface area (Å²) in [5.41, 5.74) is 2.13. The Morgan fingerprint density at radius 2 is 1.61 bits per heavy atom. The van der Waals surface area contributed by atoms with E-state index < -0.39 is 17.8 Å². The molecule has 4 rings (SSSR count). The van der Waals surface area contributed by atoms with Crippen LogP contribution >= 0.6 is 11.8 Å². The summed E-state index contributed by atoms with van der Waals surface area (Å²) >= 11 is 1.73. The molecule has 0 saturated carbocycles. The van der Waals surface area contributed by atoms with Crippen molar-refractivity contribution in [1.82, 2.24) is 4.90 Å². The number of thioether (sulfide) groups is 1. The standard InChI is InChI=1S/C23H28F3N3OS/c1-27-10-12-28(13-11-27)20-5-3-2-4-19(20)22(30)21-16-29(14-15-31-21)18-8-6-17(7-9-18)23(24,25)26/h2-9,21-22,30H,10-16H2,1H3. The summed E-state index contributed by atoms with van der Waals surface area (Å²) in [6.07, 6.45) is -4.97. The van der Waals surface area contributed by atoms with Crippen molar-refractivity contribution in [2.24, 2.45) is 0 Å². The van der Waals surface area contributed by atoms with Gasteiger partial charge in [0, 0.05) is 62.0 Å². The van der Waals surface area contributed by atoms with E-state index in [4.69, 9.17) is 0 Å². The number of hydrogen-bond acceptors (Lipinski definition) is 5. The molecule has 31 heavy (non-hydrogen) atoms. The normalized spacial score (nSPS) is 21.9. The van der Waals surface area contributed by atoms with Crippen molar-refractivity contribution >= 4 is 23.1 Å². The molecule has 1 N–H and O–H groups in total. The third kappa shape index (κ3) is 5.13. The second-order valence-electron chi connectivity index (χ2n) is 8.19. The van der Waals surface area contributed by atoms with Crippen LogP contribution in [0.4, 0.5) is 24.5 Å². The van der Waals surface area contributed by atoms with E-state index in [0.717, 1.165) is 67.5 Å². The summed E-state index contributed by atoms with van der Waals surface area (Å²) in [4.78, 5) is 6.71. The summed E-state index contributed by atoms with van der Waals surface area (Å²) in [6, 6.07) is 13.4. The molecule has 2 heterocycles. The minimum Gasteiger partial charge on any atom is -0.387 e. The first-order chi connectivity index (χ1) is 14.8. The van der Waals surface area contributed by atoms with Crippen LogP contribution in [0.25, 0.3) is 0 Å². The zero-order valence-electron chi connectivity index (χ0n) is 17.6. The molecule has 2 unspecified atom stereocenters. The topological polar surface area (TPSA) is 30.0 Å². The number of piperazine rings is 1. The van der Waals surface area contributed by atoms with Gasteiger partial charge < -0.3 is 19.8 Å². The van der Waals surface area contributed by atoms with Crippen LogP contribution in [0.5, 0.6) is 0 Å². The molecule has 168 valence electrons. The van der Waals surface area contributed by atoms with E-state index in [1.165, 1.54) is 12.1 Å². The molecule has 0 radical (unpaired) electrons. The van der Waals surface area contributed by atoms with E-state index >= 15 is 0 Å². The molecular weight excluding hydrogens is 423 g/mol. The van der Waals surface area contributed by atoms with Gasteiger partial charge in [0.1, 0.15) is 0 Å². The smallest absolute Gasteiger partial charge is 0.387 e. The lowest BCUT2D eigenvalue weighted by Gasteiger charge is -2.39. The number of para-hydroxylation sites is 1. The zero-order chi connectivity index (χ0) is 22.0. The number of benzene rings is 2. The molecule has 0 amide bonds. The predicted octanol–water partition coefficient (Wildman–Crippen LogP) is 4.11. The van der Waals surface area contributed by atoms with Gasteiger partial charge in [0.25, 0.3) is 0 Å². The van der Waals surface area contributed by atoms with Crippen molar-refractivity contribution in [3.8, 4) is 0 Å². The van der Waals surface area contributed by atoms with E-state index in [-0.39, 0.29) is 5.25 Å². The molecule has 2 atom stereocenters. The molecular formula is C23H28F3N3OS. The van der Waals surface area contributed by atoms with E-state index in [0.29, 0.717) is 6.54 Å². The highest BCUT2D eigenvalue weighted by molar-refractivity contribution is 8.00. The molecule has 2 aromatic carbocycles. The highest BCUT2D eigenvalue weighted by Gasteiger charge is 2.32. The fraction of sp³-hybridized carbons (Fsp3) is 0.478. The second-order valence-corrected chi connectivity index (χ2v) is 9.54. The lowest BCUT2D eigenvalue weighted by molar-refractivity contribution is -0.137. The number of alkyl halides is 3. The van der Waals surface area contributed by atoms with Crippen LogP contribution in [-0.4, -0.2) is 67.3 Å². The molecule has 0 bridgehead atoms. The van der Waals surface area contributed by atoms with Gasteiger partial charge in [-0.1, -0.05) is 18.2 Å². The van der Waals surface area contributed by atoms with Gasteiger partial charge in [-0.25, -0.2) is 0 Å². The summed E-state index contributed by atoms with van der Waals surface area (Å²) in [5.74, 6) is 0.819. The zero-order valence-corrected chi connectivity index (χ0v) is 18.4. The fourth-order valence-electron chi connectivity index (χ4n) is 4.24. The van der Waals surface area contributed by atoms with Gasteiger partial charge in [0.15, 0.2) is 0 Å². The molecule has 4 nitrogen and oxygen atoms in total. The van der Waals surface area contributed by atoms with Crippen LogP contribution in [0, 0.1) is 0 Å². The molecule has 0 aromatic heterocycles. The Hall–Kier alpha value is -1.90. The highest BCUT2D eigenvalue weighted by atomic mass is 32.2. The lowest BCUT2D eigenvalue weighted by Crippen LogP contribution is -2.45. The number of rotatable bonds is 4. The summed E-state index contributed by atoms with van der Waals surface area (Å²) in [6.45, 7) is 5.17. The largest absolute Gasteiger partial charge is 0.416 e. The Bertz CT molecular complexity index is 869. The second kappa shape index (κ2) is 9.30. The minimum absolute atomic E-state index is 0.0512. The lowest BCUT2D eigenvalue weighted by atomic mass is 10.0. The van der Waals surface area contributed by atoms with Gasteiger partial charge >= 0.3 is 6.18 Å². The Morgan fingerprint density at radius 3 is 2.29 bits per heavy atom. The van der Waals surface area contributed by atoms with E-state index in [1.54, 1.807) is 11.8 Å². The quantitative estimate of drug-likeness (QED) is 0.756. The Balaban J connectivity index is 1.49. The van der Waals surface area contributed by atoms with Crippen molar-refractivity contribution < 1.29 is 18.3 Å². The van der Waals surface area contributed by atoms with Crippen molar-refractivity contribution in [3.63, 3.8) is 0 Å². The number of halogens is 3. The Morgan fingerprint density at radius 1 is 0.935 bits per heavy atom. The number of nitrogens with zero attached hydrogens (tertiary/aromatic N) is 3. The first kappa shape index (κ1) is 22.3. The first-order valence-electron chi connectivity index (χ1n) is 10.6. The van der Waals surface area contributed by atoms with Gasteiger partial charge in [-0.05, 0) is 37.4 Å². The summed E-state index contributed by atoms with van der Waals surface area (Å²) in [7, 11) is 2.12. The number of anilines is 2. The van der Waals surface area contributed by atoms with Crippen LogP contribution in [0.2, 0.25) is 0 Å². The van der Waals surface area contributed by atoms with Crippen molar-refractivity contribution in [2.45, 2.75) is 17.5 Å². The molecule has 0 aliphatic carbocycles. The highest BCUT2D eigenvalue weighted by Crippen LogP contribution is 2.37. The Labute approximate surface area is 185 Å². The maximum Gasteiger partial charge on any atom is 0.416 e. The number of aliphatic hydroxyl groups is 1. The monoisotopic (exact) mass is 451 g/mol. The molecule has 2 fully saturated rings. The average molecular weight is 452 g/mol. The SMILES string of the molecule is CN1CCN(c2ccccc2C(O)C2CN(c3ccc(C(F)(F)F)cc3)CCS2)CC1. The molecule has 2 aliphatic rings. The number of likely N-dealkylation sites (N-methyl/N-ethyl adjacent to an activating group) is 1. The number of hydrogen-bond donors (Lipinski definition) is 1. The van der Waals surface area contributed by atoms with Gasteiger partial charge in [0.05, 0.1) is 16.9 Å². The van der Waals surface area contributed by atoms with Crippen LogP contribution < -0.4 is 9.80 Å². The minimum atomic E-state index is -4.33. The molecule has 2 aliphatic heterocycles. The van der Waals surface area contributed by atoms with Crippen LogP contribution in [0.3, 0.4) is 0 Å². The molecule has 0 spiro atoms. The van der Waals surface area contributed by atoms with Crippen LogP contribution in [-0.2, 0) is 6.18 Å². The maximum absolute atomic E-state index is 12.9. The van der Waals surface area contributed by atoms with Crippen LogP contribution in [0.15, 0.2) is 48.5 Å². The van der Waals surface area contributed by atoms with Gasteiger partial charge in [-0.2, -0.15) is 24.9 Å². The van der Waals surface area contributed by atoms with Gasteiger partial charge in [0.2, 0.25) is 0 Å². The summed E-state index contributed by atoms with van der Waals surface area (Å²) < 4.78 is 38.6. The molecule has 2 saturated heterocycles.